The summed E-state index contributed by atoms with van der Waals surface area (Å²) in [6.07, 6.45) is 11.1. The average molecular weight is 475 g/mol. The summed E-state index contributed by atoms with van der Waals surface area (Å²) in [4.78, 5) is 27.3. The lowest BCUT2D eigenvalue weighted by atomic mass is 10.0. The van der Waals surface area contributed by atoms with Gasteiger partial charge in [-0.3, -0.25) is 4.79 Å². The molecule has 2 fully saturated rings. The van der Waals surface area contributed by atoms with E-state index in [1.807, 2.05) is 29.1 Å². The van der Waals surface area contributed by atoms with E-state index in [1.54, 1.807) is 0 Å². The van der Waals surface area contributed by atoms with Crippen LogP contribution in [0, 0.1) is 5.92 Å². The van der Waals surface area contributed by atoms with E-state index in [0.717, 1.165) is 79.7 Å². The molecule has 0 bridgehead atoms. The minimum atomic E-state index is 0.278. The number of benzene rings is 1. The van der Waals surface area contributed by atoms with Crippen LogP contribution in [0.1, 0.15) is 77.0 Å². The first-order valence-electron chi connectivity index (χ1n) is 13.5. The second-order valence-electron chi connectivity index (χ2n) is 10.3. The molecule has 0 N–H and O–H groups in total. The van der Waals surface area contributed by atoms with E-state index < -0.39 is 0 Å². The summed E-state index contributed by atoms with van der Waals surface area (Å²) in [5.41, 5.74) is 1.85. The lowest BCUT2D eigenvalue weighted by molar-refractivity contribution is -0.131. The average Bonchev–Trinajstić information content (AvgIpc) is 3.57. The molecule has 7 nitrogen and oxygen atoms in total. The number of anilines is 1. The van der Waals surface area contributed by atoms with Gasteiger partial charge >= 0.3 is 0 Å². The zero-order valence-corrected chi connectivity index (χ0v) is 21.2. The monoisotopic (exact) mass is 474 g/mol. The van der Waals surface area contributed by atoms with Crippen LogP contribution in [0.2, 0.25) is 0 Å². The maximum absolute atomic E-state index is 12.9. The Balaban J connectivity index is 1.36. The van der Waals surface area contributed by atoms with Crippen LogP contribution >= 0.6 is 0 Å². The summed E-state index contributed by atoms with van der Waals surface area (Å²) < 4.78 is 1.92. The van der Waals surface area contributed by atoms with E-state index in [1.165, 1.54) is 25.7 Å². The molecule has 0 radical (unpaired) electrons. The molecule has 3 aromatic rings. The van der Waals surface area contributed by atoms with Crippen LogP contribution in [0.25, 0.3) is 16.7 Å². The normalized spacial score (nSPS) is 17.9. The van der Waals surface area contributed by atoms with Gasteiger partial charge in [-0.2, -0.15) is 5.10 Å². The van der Waals surface area contributed by atoms with Crippen LogP contribution in [0.5, 0.6) is 0 Å². The standard InChI is InChI=1S/C28H38N6O/c1-3-9-21(2)26-30-27(24-20-29-34(28(24)31-26)23-12-5-4-6-13-23)33-18-16-32(17-19-33)25(35)15-14-22-10-7-8-11-22/h4-6,12-13,20-22H,3,7-11,14-19H2,1-2H3/t21-/m1/s1. The summed E-state index contributed by atoms with van der Waals surface area (Å²) in [6.45, 7) is 7.49. The number of rotatable bonds is 8. The topological polar surface area (TPSA) is 67.2 Å². The van der Waals surface area contributed by atoms with Crippen molar-refractivity contribution in [2.24, 2.45) is 5.92 Å². The molecule has 2 aromatic heterocycles. The Morgan fingerprint density at radius 3 is 2.51 bits per heavy atom. The van der Waals surface area contributed by atoms with Gasteiger partial charge in [0, 0.05) is 38.5 Å². The maximum atomic E-state index is 12.9. The Labute approximate surface area is 208 Å². The molecule has 186 valence electrons. The second kappa shape index (κ2) is 10.8. The SMILES string of the molecule is CCC[C@@H](C)c1nc(N2CCN(C(=O)CCC3CCCC3)CC2)c2cnn(-c3ccccc3)c2n1. The number of hydrogen-bond acceptors (Lipinski definition) is 5. The lowest BCUT2D eigenvalue weighted by Crippen LogP contribution is -2.49. The number of piperazine rings is 1. The number of fused-ring (bicyclic) bond motifs is 1. The molecular formula is C28H38N6O. The highest BCUT2D eigenvalue weighted by atomic mass is 16.2. The molecule has 1 amide bonds. The summed E-state index contributed by atoms with van der Waals surface area (Å²) in [7, 11) is 0. The van der Waals surface area contributed by atoms with Crippen molar-refractivity contribution in [2.45, 2.75) is 71.1 Å². The van der Waals surface area contributed by atoms with E-state index in [2.05, 4.69) is 35.8 Å². The van der Waals surface area contributed by atoms with Gasteiger partial charge in [0.15, 0.2) is 5.65 Å². The fourth-order valence-electron chi connectivity index (χ4n) is 5.64. The fourth-order valence-corrected chi connectivity index (χ4v) is 5.64. The molecule has 5 rings (SSSR count). The van der Waals surface area contributed by atoms with Crippen LogP contribution in [0.15, 0.2) is 36.5 Å². The fraction of sp³-hybridized carbons (Fsp3) is 0.571. The zero-order chi connectivity index (χ0) is 24.2. The number of para-hydroxylation sites is 1. The van der Waals surface area contributed by atoms with Crippen LogP contribution in [-0.2, 0) is 4.79 Å². The van der Waals surface area contributed by atoms with Crippen LogP contribution in [0.3, 0.4) is 0 Å². The Hall–Kier alpha value is -2.96. The quantitative estimate of drug-likeness (QED) is 0.441. The second-order valence-corrected chi connectivity index (χ2v) is 10.3. The van der Waals surface area contributed by atoms with Gasteiger partial charge in [0.05, 0.1) is 17.3 Å². The van der Waals surface area contributed by atoms with E-state index >= 15 is 0 Å². The number of carbonyl (C=O) groups excluding carboxylic acids is 1. The summed E-state index contributed by atoms with van der Waals surface area (Å²) in [5, 5.41) is 5.67. The highest BCUT2D eigenvalue weighted by Gasteiger charge is 2.26. The third kappa shape index (κ3) is 5.19. The van der Waals surface area contributed by atoms with Crippen molar-refractivity contribution in [3.05, 3.63) is 42.4 Å². The highest BCUT2D eigenvalue weighted by molar-refractivity contribution is 5.88. The molecule has 3 heterocycles. The van der Waals surface area contributed by atoms with Crippen molar-refractivity contribution in [1.29, 1.82) is 0 Å². The minimum absolute atomic E-state index is 0.278. The zero-order valence-electron chi connectivity index (χ0n) is 21.2. The van der Waals surface area contributed by atoms with E-state index in [-0.39, 0.29) is 5.92 Å². The molecule has 0 spiro atoms. The van der Waals surface area contributed by atoms with Gasteiger partial charge in [-0.15, -0.1) is 0 Å². The Kier molecular flexibility index (Phi) is 7.30. The number of nitrogens with zero attached hydrogens (tertiary/aromatic N) is 6. The molecule has 1 saturated heterocycles. The van der Waals surface area contributed by atoms with Crippen molar-refractivity contribution >= 4 is 22.8 Å². The molecule has 1 atom stereocenters. The maximum Gasteiger partial charge on any atom is 0.222 e. The van der Waals surface area contributed by atoms with Gasteiger partial charge < -0.3 is 9.80 Å². The molecule has 0 unspecified atom stereocenters. The van der Waals surface area contributed by atoms with Crippen molar-refractivity contribution in [3.8, 4) is 5.69 Å². The lowest BCUT2D eigenvalue weighted by Gasteiger charge is -2.36. The molecule has 1 aliphatic heterocycles. The van der Waals surface area contributed by atoms with Crippen molar-refractivity contribution < 1.29 is 4.79 Å². The van der Waals surface area contributed by atoms with Crippen molar-refractivity contribution in [2.75, 3.05) is 31.1 Å². The number of hydrogen-bond donors (Lipinski definition) is 0. The summed E-state index contributed by atoms with van der Waals surface area (Å²) >= 11 is 0. The Bertz CT molecular complexity index is 1130. The first-order chi connectivity index (χ1) is 17.1. The first kappa shape index (κ1) is 23.8. The molecule has 35 heavy (non-hydrogen) atoms. The smallest absolute Gasteiger partial charge is 0.222 e. The van der Waals surface area contributed by atoms with Crippen LogP contribution in [-0.4, -0.2) is 56.7 Å². The third-order valence-electron chi connectivity index (χ3n) is 7.76. The van der Waals surface area contributed by atoms with Crippen molar-refractivity contribution in [3.63, 3.8) is 0 Å². The van der Waals surface area contributed by atoms with E-state index in [0.29, 0.717) is 12.3 Å². The molecule has 1 saturated carbocycles. The van der Waals surface area contributed by atoms with Gasteiger partial charge in [0.25, 0.3) is 0 Å². The van der Waals surface area contributed by atoms with Crippen LogP contribution in [0.4, 0.5) is 5.82 Å². The van der Waals surface area contributed by atoms with Gasteiger partial charge in [-0.25, -0.2) is 14.6 Å². The molecule has 1 aromatic carbocycles. The molecule has 2 aliphatic rings. The van der Waals surface area contributed by atoms with Crippen molar-refractivity contribution in [1.82, 2.24) is 24.6 Å². The summed E-state index contributed by atoms with van der Waals surface area (Å²) in [5.74, 6) is 3.19. The largest absolute Gasteiger partial charge is 0.352 e. The van der Waals surface area contributed by atoms with Gasteiger partial charge in [-0.05, 0) is 30.9 Å². The highest BCUT2D eigenvalue weighted by Crippen LogP contribution is 2.31. The van der Waals surface area contributed by atoms with Gasteiger partial charge in [0.1, 0.15) is 11.6 Å². The van der Waals surface area contributed by atoms with Gasteiger partial charge in [0.2, 0.25) is 5.91 Å². The van der Waals surface area contributed by atoms with E-state index in [4.69, 9.17) is 15.1 Å². The Morgan fingerprint density at radius 1 is 1.06 bits per heavy atom. The predicted molar refractivity (Wildman–Crippen MR) is 140 cm³/mol. The molecular weight excluding hydrogens is 436 g/mol. The minimum Gasteiger partial charge on any atom is -0.352 e. The third-order valence-corrected chi connectivity index (χ3v) is 7.76. The van der Waals surface area contributed by atoms with E-state index in [9.17, 15) is 4.79 Å². The first-order valence-corrected chi connectivity index (χ1v) is 13.5. The number of amides is 1. The summed E-state index contributed by atoms with van der Waals surface area (Å²) in [6, 6.07) is 10.2. The van der Waals surface area contributed by atoms with Gasteiger partial charge in [-0.1, -0.05) is 64.2 Å². The van der Waals surface area contributed by atoms with Crippen LogP contribution < -0.4 is 4.90 Å². The Morgan fingerprint density at radius 2 is 1.80 bits per heavy atom. The number of carbonyl (C=O) groups is 1. The molecule has 7 heteroatoms. The predicted octanol–water partition coefficient (Wildman–Crippen LogP) is 5.34. The number of aromatic nitrogens is 4. The molecule has 1 aliphatic carbocycles.